The van der Waals surface area contributed by atoms with Gasteiger partial charge in [-0.05, 0) is 19.1 Å². The van der Waals surface area contributed by atoms with Gasteiger partial charge in [0.1, 0.15) is 0 Å². The molecule has 3 heteroatoms. The Balaban J connectivity index is 2.66. The zero-order chi connectivity index (χ0) is 9.68. The van der Waals surface area contributed by atoms with Crippen molar-refractivity contribution in [3.63, 3.8) is 0 Å². The second kappa shape index (κ2) is 4.62. The topological polar surface area (TPSA) is 35.5 Å². The molecule has 0 aromatic heterocycles. The summed E-state index contributed by atoms with van der Waals surface area (Å²) >= 11 is 0. The van der Waals surface area contributed by atoms with Gasteiger partial charge in [0.05, 0.1) is 5.56 Å². The highest BCUT2D eigenvalue weighted by Gasteiger charge is 2.05. The van der Waals surface area contributed by atoms with Gasteiger partial charge in [-0.1, -0.05) is 17.7 Å². The summed E-state index contributed by atoms with van der Waals surface area (Å²) in [6.07, 6.45) is 0. The lowest BCUT2D eigenvalue weighted by Gasteiger charge is -2.03. The molecule has 0 amide bonds. The molecule has 0 aliphatic rings. The Morgan fingerprint density at radius 3 is 2.85 bits per heavy atom. The van der Waals surface area contributed by atoms with Crippen molar-refractivity contribution in [2.45, 2.75) is 6.92 Å². The van der Waals surface area contributed by atoms with E-state index in [-0.39, 0.29) is 12.8 Å². The van der Waals surface area contributed by atoms with Gasteiger partial charge in [-0.15, -0.1) is 0 Å². The minimum atomic E-state index is -0.356. The van der Waals surface area contributed by atoms with Gasteiger partial charge in [0.15, 0.2) is 6.79 Å². The van der Waals surface area contributed by atoms with Crippen LogP contribution in [0, 0.1) is 6.92 Å². The molecule has 13 heavy (non-hydrogen) atoms. The van der Waals surface area contributed by atoms with Gasteiger partial charge in [-0.3, -0.25) is 0 Å². The molecule has 0 fully saturated rings. The molecule has 0 aliphatic carbocycles. The Morgan fingerprint density at radius 1 is 1.46 bits per heavy atom. The Labute approximate surface area is 77.3 Å². The summed E-state index contributed by atoms with van der Waals surface area (Å²) in [4.78, 5) is 11.3. The molecule has 0 atom stereocenters. The molecule has 1 aromatic carbocycles. The number of ether oxygens (including phenoxy) is 2. The molecule has 0 heterocycles. The SMILES string of the molecule is COCOC(=O)c1cccc(C)c1. The van der Waals surface area contributed by atoms with Crippen molar-refractivity contribution >= 4 is 5.97 Å². The highest BCUT2D eigenvalue weighted by molar-refractivity contribution is 5.89. The minimum absolute atomic E-state index is 0.00717. The van der Waals surface area contributed by atoms with Crippen molar-refractivity contribution in [3.8, 4) is 0 Å². The van der Waals surface area contributed by atoms with Gasteiger partial charge < -0.3 is 9.47 Å². The summed E-state index contributed by atoms with van der Waals surface area (Å²) in [5.74, 6) is -0.356. The molecule has 0 N–H and O–H groups in total. The van der Waals surface area contributed by atoms with Gasteiger partial charge in [-0.25, -0.2) is 4.79 Å². The van der Waals surface area contributed by atoms with E-state index < -0.39 is 0 Å². The molecule has 1 rings (SSSR count). The fourth-order valence-electron chi connectivity index (χ4n) is 0.968. The van der Waals surface area contributed by atoms with Crippen LogP contribution in [0.4, 0.5) is 0 Å². The van der Waals surface area contributed by atoms with E-state index in [2.05, 4.69) is 4.74 Å². The Kier molecular flexibility index (Phi) is 3.46. The molecule has 0 unspecified atom stereocenters. The van der Waals surface area contributed by atoms with Crippen molar-refractivity contribution in [2.75, 3.05) is 13.9 Å². The fraction of sp³-hybridized carbons (Fsp3) is 0.300. The average molecular weight is 180 g/mol. The van der Waals surface area contributed by atoms with Crippen LogP contribution in [0.15, 0.2) is 24.3 Å². The van der Waals surface area contributed by atoms with Crippen LogP contribution in [0.25, 0.3) is 0 Å². The van der Waals surface area contributed by atoms with E-state index in [0.717, 1.165) is 5.56 Å². The maximum Gasteiger partial charge on any atom is 0.340 e. The zero-order valence-corrected chi connectivity index (χ0v) is 7.74. The highest BCUT2D eigenvalue weighted by atomic mass is 16.7. The Bertz CT molecular complexity index is 294. The van der Waals surface area contributed by atoms with Gasteiger partial charge in [0, 0.05) is 7.11 Å². The summed E-state index contributed by atoms with van der Waals surface area (Å²) in [6.45, 7) is 1.92. The molecule has 0 saturated carbocycles. The maximum absolute atomic E-state index is 11.3. The van der Waals surface area contributed by atoms with Gasteiger partial charge in [0.2, 0.25) is 0 Å². The van der Waals surface area contributed by atoms with E-state index in [1.807, 2.05) is 19.1 Å². The van der Waals surface area contributed by atoms with Crippen LogP contribution in [0.3, 0.4) is 0 Å². The van der Waals surface area contributed by atoms with E-state index in [9.17, 15) is 4.79 Å². The maximum atomic E-state index is 11.3. The number of carbonyl (C=O) groups excluding carboxylic acids is 1. The second-order valence-electron chi connectivity index (χ2n) is 2.71. The van der Waals surface area contributed by atoms with Gasteiger partial charge in [-0.2, -0.15) is 0 Å². The lowest BCUT2D eigenvalue weighted by Crippen LogP contribution is -2.07. The first-order chi connectivity index (χ1) is 6.24. The van der Waals surface area contributed by atoms with Crippen LogP contribution in [-0.4, -0.2) is 19.9 Å². The summed E-state index contributed by atoms with van der Waals surface area (Å²) in [5.41, 5.74) is 1.59. The third kappa shape index (κ3) is 2.87. The number of methoxy groups -OCH3 is 1. The third-order valence-corrected chi connectivity index (χ3v) is 1.56. The zero-order valence-electron chi connectivity index (χ0n) is 7.74. The van der Waals surface area contributed by atoms with Crippen molar-refractivity contribution in [3.05, 3.63) is 35.4 Å². The lowest BCUT2D eigenvalue weighted by atomic mass is 10.1. The molecule has 3 nitrogen and oxygen atoms in total. The first-order valence-corrected chi connectivity index (χ1v) is 3.97. The second-order valence-corrected chi connectivity index (χ2v) is 2.71. The van der Waals surface area contributed by atoms with Crippen molar-refractivity contribution in [1.29, 1.82) is 0 Å². The predicted octanol–water partition coefficient (Wildman–Crippen LogP) is 1.76. The number of benzene rings is 1. The molecule has 0 bridgehead atoms. The van der Waals surface area contributed by atoms with E-state index in [1.165, 1.54) is 7.11 Å². The molecule has 1 aromatic rings. The smallest absolute Gasteiger partial charge is 0.340 e. The van der Waals surface area contributed by atoms with Gasteiger partial charge in [0.25, 0.3) is 0 Å². The predicted molar refractivity (Wildman–Crippen MR) is 48.5 cm³/mol. The van der Waals surface area contributed by atoms with E-state index in [1.54, 1.807) is 12.1 Å². The highest BCUT2D eigenvalue weighted by Crippen LogP contribution is 2.05. The number of rotatable bonds is 3. The van der Waals surface area contributed by atoms with E-state index >= 15 is 0 Å². The largest absolute Gasteiger partial charge is 0.435 e. The molecule has 0 aliphatic heterocycles. The van der Waals surface area contributed by atoms with Crippen LogP contribution in [0.5, 0.6) is 0 Å². The fourth-order valence-corrected chi connectivity index (χ4v) is 0.968. The Hall–Kier alpha value is -1.35. The third-order valence-electron chi connectivity index (χ3n) is 1.56. The number of hydrogen-bond donors (Lipinski definition) is 0. The molecule has 70 valence electrons. The van der Waals surface area contributed by atoms with Crippen LogP contribution in [0.1, 0.15) is 15.9 Å². The number of hydrogen-bond acceptors (Lipinski definition) is 3. The summed E-state index contributed by atoms with van der Waals surface area (Å²) in [7, 11) is 1.48. The van der Waals surface area contributed by atoms with E-state index in [4.69, 9.17) is 4.74 Å². The Morgan fingerprint density at radius 2 is 2.23 bits per heavy atom. The normalized spacial score (nSPS) is 9.69. The van der Waals surface area contributed by atoms with Crippen molar-refractivity contribution in [1.82, 2.24) is 0 Å². The van der Waals surface area contributed by atoms with Crippen molar-refractivity contribution < 1.29 is 14.3 Å². The first-order valence-electron chi connectivity index (χ1n) is 3.97. The molecular formula is C10H12O3. The quantitative estimate of drug-likeness (QED) is 0.525. The molecule has 0 spiro atoms. The molecule has 0 saturated heterocycles. The molecule has 0 radical (unpaired) electrons. The summed E-state index contributed by atoms with van der Waals surface area (Å²) in [5, 5.41) is 0. The number of carbonyl (C=O) groups is 1. The van der Waals surface area contributed by atoms with Gasteiger partial charge >= 0.3 is 5.97 Å². The monoisotopic (exact) mass is 180 g/mol. The minimum Gasteiger partial charge on any atom is -0.435 e. The summed E-state index contributed by atoms with van der Waals surface area (Å²) in [6, 6.07) is 7.23. The van der Waals surface area contributed by atoms with Crippen LogP contribution < -0.4 is 0 Å². The van der Waals surface area contributed by atoms with Crippen molar-refractivity contribution in [2.24, 2.45) is 0 Å². The van der Waals surface area contributed by atoms with Crippen LogP contribution >= 0.6 is 0 Å². The van der Waals surface area contributed by atoms with E-state index in [0.29, 0.717) is 5.56 Å². The molecular weight excluding hydrogens is 168 g/mol. The average Bonchev–Trinajstić information content (AvgIpc) is 2.14. The lowest BCUT2D eigenvalue weighted by molar-refractivity contribution is -0.0125. The standard InChI is InChI=1S/C10H12O3/c1-8-4-3-5-9(6-8)10(11)13-7-12-2/h3-6H,7H2,1-2H3. The van der Waals surface area contributed by atoms with Crippen LogP contribution in [-0.2, 0) is 9.47 Å². The number of aryl methyl sites for hydroxylation is 1. The number of esters is 1. The first kappa shape index (κ1) is 9.74. The summed E-state index contributed by atoms with van der Waals surface area (Å²) < 4.78 is 9.39. The van der Waals surface area contributed by atoms with Crippen LogP contribution in [0.2, 0.25) is 0 Å².